The molecular formula is C11H12BrN3O2S2. The maximum atomic E-state index is 12.2. The van der Waals surface area contributed by atoms with Crippen LogP contribution in [0, 0.1) is 0 Å². The number of aromatic nitrogens is 2. The number of rotatable bonds is 3. The lowest BCUT2D eigenvalue weighted by Gasteiger charge is -2.23. The van der Waals surface area contributed by atoms with Gasteiger partial charge in [0.05, 0.1) is 3.79 Å². The van der Waals surface area contributed by atoms with Crippen LogP contribution in [0.1, 0.15) is 12.1 Å². The van der Waals surface area contributed by atoms with Gasteiger partial charge in [-0.15, -0.1) is 11.3 Å². The zero-order valence-corrected chi connectivity index (χ0v) is 13.1. The fraction of sp³-hybridized carbons (Fsp3) is 0.364. The second-order valence-corrected chi connectivity index (χ2v) is 8.82. The number of nitrogens with zero attached hydrogens (tertiary/aromatic N) is 2. The lowest BCUT2D eigenvalue weighted by atomic mass is 10.1. The lowest BCUT2D eigenvalue weighted by molar-refractivity contribution is 0.414. The average Bonchev–Trinajstić information content (AvgIpc) is 2.96. The summed E-state index contributed by atoms with van der Waals surface area (Å²) >= 11 is 4.50. The van der Waals surface area contributed by atoms with Gasteiger partial charge in [-0.05, 0) is 40.5 Å². The first-order chi connectivity index (χ1) is 9.04. The Bertz CT molecular complexity index is 692. The van der Waals surface area contributed by atoms with Crippen molar-refractivity contribution in [3.05, 3.63) is 33.9 Å². The van der Waals surface area contributed by atoms with Crippen molar-refractivity contribution in [1.82, 2.24) is 14.5 Å². The van der Waals surface area contributed by atoms with E-state index in [1.165, 1.54) is 11.3 Å². The summed E-state index contributed by atoms with van der Waals surface area (Å²) in [7, 11) is -3.42. The molecule has 0 unspecified atom stereocenters. The molecule has 2 aromatic heterocycles. The standard InChI is InChI=1S/C11H12BrN3O2S2/c12-10-1-2-11(18-10)19(16,17)14-8-4-6-15-9(7-8)3-5-13-15/h1-3,5,8,14H,4,6-7H2/t8-/m0/s1. The van der Waals surface area contributed by atoms with Crippen molar-refractivity contribution >= 4 is 37.3 Å². The Morgan fingerprint density at radius 3 is 3.00 bits per heavy atom. The average molecular weight is 362 g/mol. The van der Waals surface area contributed by atoms with Gasteiger partial charge in [-0.3, -0.25) is 4.68 Å². The molecule has 0 spiro atoms. The number of thiophene rings is 1. The third kappa shape index (κ3) is 2.76. The molecule has 3 rings (SSSR count). The van der Waals surface area contributed by atoms with Gasteiger partial charge in [-0.1, -0.05) is 0 Å². The summed E-state index contributed by atoms with van der Waals surface area (Å²) in [6.45, 7) is 0.754. The minimum Gasteiger partial charge on any atom is -0.269 e. The number of halogens is 1. The van der Waals surface area contributed by atoms with E-state index in [9.17, 15) is 8.42 Å². The molecule has 5 nitrogen and oxygen atoms in total. The van der Waals surface area contributed by atoms with E-state index in [0.717, 1.165) is 22.4 Å². The molecule has 0 saturated heterocycles. The Labute approximate surface area is 123 Å². The molecular weight excluding hydrogens is 350 g/mol. The molecule has 0 fully saturated rings. The van der Waals surface area contributed by atoms with Crippen LogP contribution >= 0.6 is 27.3 Å². The topological polar surface area (TPSA) is 64.0 Å². The first-order valence-electron chi connectivity index (χ1n) is 5.83. The first kappa shape index (κ1) is 13.3. The highest BCUT2D eigenvalue weighted by atomic mass is 79.9. The lowest BCUT2D eigenvalue weighted by Crippen LogP contribution is -2.39. The molecule has 0 radical (unpaired) electrons. The van der Waals surface area contributed by atoms with Crippen LogP contribution < -0.4 is 4.72 Å². The van der Waals surface area contributed by atoms with E-state index < -0.39 is 10.0 Å². The molecule has 1 aliphatic rings. The molecule has 2 aromatic rings. The highest BCUT2D eigenvalue weighted by molar-refractivity contribution is 9.11. The van der Waals surface area contributed by atoms with Gasteiger partial charge in [0.25, 0.3) is 0 Å². The Balaban J connectivity index is 1.76. The zero-order valence-electron chi connectivity index (χ0n) is 9.91. The van der Waals surface area contributed by atoms with E-state index in [2.05, 4.69) is 25.8 Å². The van der Waals surface area contributed by atoms with Crippen molar-refractivity contribution < 1.29 is 8.42 Å². The van der Waals surface area contributed by atoms with Crippen molar-refractivity contribution in [3.63, 3.8) is 0 Å². The van der Waals surface area contributed by atoms with Crippen molar-refractivity contribution in [1.29, 1.82) is 0 Å². The van der Waals surface area contributed by atoms with E-state index in [0.29, 0.717) is 10.6 Å². The second kappa shape index (κ2) is 5.01. The molecule has 0 bridgehead atoms. The summed E-state index contributed by atoms with van der Waals surface area (Å²) in [6, 6.07) is 5.23. The molecule has 1 atom stereocenters. The number of sulfonamides is 1. The van der Waals surface area contributed by atoms with Crippen LogP contribution in [-0.2, 0) is 23.0 Å². The highest BCUT2D eigenvalue weighted by Gasteiger charge is 2.25. The quantitative estimate of drug-likeness (QED) is 0.909. The maximum absolute atomic E-state index is 12.2. The van der Waals surface area contributed by atoms with Gasteiger partial charge < -0.3 is 0 Å². The Hall–Kier alpha value is -0.700. The normalized spacial score (nSPS) is 19.3. The van der Waals surface area contributed by atoms with E-state index in [1.807, 2.05) is 10.7 Å². The van der Waals surface area contributed by atoms with Crippen LogP contribution in [0.4, 0.5) is 0 Å². The molecule has 102 valence electrons. The molecule has 0 aromatic carbocycles. The van der Waals surface area contributed by atoms with Crippen molar-refractivity contribution in [2.45, 2.75) is 29.6 Å². The van der Waals surface area contributed by atoms with E-state index >= 15 is 0 Å². The van der Waals surface area contributed by atoms with Crippen molar-refractivity contribution in [2.24, 2.45) is 0 Å². The van der Waals surface area contributed by atoms with Gasteiger partial charge in [-0.25, -0.2) is 13.1 Å². The Morgan fingerprint density at radius 1 is 1.42 bits per heavy atom. The number of hydrogen-bond donors (Lipinski definition) is 1. The van der Waals surface area contributed by atoms with Crippen LogP contribution in [0.25, 0.3) is 0 Å². The zero-order chi connectivity index (χ0) is 13.5. The third-order valence-corrected chi connectivity index (χ3v) is 6.72. The smallest absolute Gasteiger partial charge is 0.250 e. The van der Waals surface area contributed by atoms with Crippen molar-refractivity contribution in [2.75, 3.05) is 0 Å². The van der Waals surface area contributed by atoms with E-state index in [4.69, 9.17) is 0 Å². The van der Waals surface area contributed by atoms with Gasteiger partial charge in [0, 0.05) is 30.9 Å². The van der Waals surface area contributed by atoms with Gasteiger partial charge >= 0.3 is 0 Å². The van der Waals surface area contributed by atoms with Crippen LogP contribution in [0.2, 0.25) is 0 Å². The second-order valence-electron chi connectivity index (χ2n) is 4.42. The number of hydrogen-bond acceptors (Lipinski definition) is 4. The van der Waals surface area contributed by atoms with E-state index in [-0.39, 0.29) is 6.04 Å². The molecule has 0 aliphatic carbocycles. The molecule has 19 heavy (non-hydrogen) atoms. The predicted molar refractivity (Wildman–Crippen MR) is 76.7 cm³/mol. The number of fused-ring (bicyclic) bond motifs is 1. The van der Waals surface area contributed by atoms with E-state index in [1.54, 1.807) is 18.3 Å². The Morgan fingerprint density at radius 2 is 2.26 bits per heavy atom. The summed E-state index contributed by atoms with van der Waals surface area (Å²) in [6.07, 6.45) is 3.20. The third-order valence-electron chi connectivity index (χ3n) is 3.08. The molecule has 0 amide bonds. The molecule has 8 heteroatoms. The van der Waals surface area contributed by atoms with Crippen LogP contribution in [0.3, 0.4) is 0 Å². The van der Waals surface area contributed by atoms with Crippen LogP contribution in [-0.4, -0.2) is 24.2 Å². The number of nitrogens with one attached hydrogen (secondary N) is 1. The SMILES string of the molecule is O=S(=O)(N[C@H]1CCn2nccc2C1)c1ccc(Br)s1. The van der Waals surface area contributed by atoms with Crippen LogP contribution in [0.15, 0.2) is 32.4 Å². The summed E-state index contributed by atoms with van der Waals surface area (Å²) in [4.78, 5) is 0. The molecule has 1 N–H and O–H groups in total. The fourth-order valence-electron chi connectivity index (χ4n) is 2.19. The minimum atomic E-state index is -3.42. The number of aryl methyl sites for hydroxylation is 1. The fourth-order valence-corrected chi connectivity index (χ4v) is 5.48. The molecule has 0 saturated carbocycles. The largest absolute Gasteiger partial charge is 0.269 e. The van der Waals surface area contributed by atoms with Crippen molar-refractivity contribution in [3.8, 4) is 0 Å². The molecule has 3 heterocycles. The summed E-state index contributed by atoms with van der Waals surface area (Å²) < 4.78 is 30.3. The summed E-state index contributed by atoms with van der Waals surface area (Å²) in [5.41, 5.74) is 1.08. The maximum Gasteiger partial charge on any atom is 0.250 e. The predicted octanol–water partition coefficient (Wildman–Crippen LogP) is 2.00. The molecule has 1 aliphatic heterocycles. The van der Waals surface area contributed by atoms with Gasteiger partial charge in [0.15, 0.2) is 0 Å². The summed E-state index contributed by atoms with van der Waals surface area (Å²) in [5.74, 6) is 0. The highest BCUT2D eigenvalue weighted by Crippen LogP contribution is 2.26. The minimum absolute atomic E-state index is 0.0601. The first-order valence-corrected chi connectivity index (χ1v) is 8.92. The Kier molecular flexibility index (Phi) is 3.50. The van der Waals surface area contributed by atoms with Gasteiger partial charge in [0.1, 0.15) is 4.21 Å². The van der Waals surface area contributed by atoms with Crippen LogP contribution in [0.5, 0.6) is 0 Å². The summed E-state index contributed by atoms with van der Waals surface area (Å²) in [5, 5.41) is 4.18. The van der Waals surface area contributed by atoms with Gasteiger partial charge in [-0.2, -0.15) is 5.10 Å². The monoisotopic (exact) mass is 361 g/mol. The van der Waals surface area contributed by atoms with Gasteiger partial charge in [0.2, 0.25) is 10.0 Å².